The monoisotopic (exact) mass is 332 g/mol. The zero-order chi connectivity index (χ0) is 17.4. The summed E-state index contributed by atoms with van der Waals surface area (Å²) in [7, 11) is 0. The molecule has 0 bridgehead atoms. The van der Waals surface area contributed by atoms with E-state index in [1.165, 1.54) is 0 Å². The number of aliphatic hydroxyl groups excluding tert-OH is 1. The molecule has 1 N–H and O–H groups in total. The second-order valence-electron chi connectivity index (χ2n) is 7.24. The lowest BCUT2D eigenvalue weighted by atomic mass is 9.50. The van der Waals surface area contributed by atoms with Gasteiger partial charge < -0.3 is 19.3 Å². The van der Waals surface area contributed by atoms with Crippen molar-refractivity contribution in [3.63, 3.8) is 0 Å². The molecule has 0 aromatic rings. The van der Waals surface area contributed by atoms with Gasteiger partial charge in [0.15, 0.2) is 0 Å². The van der Waals surface area contributed by atoms with Crippen LogP contribution >= 0.6 is 0 Å². The lowest BCUT2D eigenvalue weighted by Gasteiger charge is -2.54. The largest absolute Gasteiger partial charge is 0.457 e. The lowest BCUT2D eigenvalue weighted by molar-refractivity contribution is -0.165. The predicted molar refractivity (Wildman–Crippen MR) is 82.7 cm³/mol. The number of carbonyl (C=O) groups is 2. The Balaban J connectivity index is 1.81. The average Bonchev–Trinajstić information content (AvgIpc) is 3.09. The van der Waals surface area contributed by atoms with Gasteiger partial charge in [-0.2, -0.15) is 0 Å². The molecule has 0 amide bonds. The Labute approximate surface area is 139 Å². The Bertz CT molecular complexity index is 721. The molecular weight excluding hydrogens is 312 g/mol. The molecule has 1 spiro atoms. The highest BCUT2D eigenvalue weighted by atomic mass is 16.7. The summed E-state index contributed by atoms with van der Waals surface area (Å²) in [5.74, 6) is -1.49. The molecular formula is C18H20O6. The quantitative estimate of drug-likeness (QED) is 0.360. The smallest absolute Gasteiger partial charge is 0.334 e. The molecule has 3 fully saturated rings. The van der Waals surface area contributed by atoms with Crippen molar-refractivity contribution in [2.24, 2.45) is 11.3 Å². The zero-order valence-electron chi connectivity index (χ0n) is 13.7. The van der Waals surface area contributed by atoms with E-state index in [1.54, 1.807) is 6.92 Å². The highest BCUT2D eigenvalue weighted by Gasteiger charge is 2.81. The number of carbonyl (C=O) groups excluding carboxylic acids is 2. The van der Waals surface area contributed by atoms with Crippen molar-refractivity contribution in [3.8, 4) is 0 Å². The number of rotatable bonds is 3. The van der Waals surface area contributed by atoms with Crippen LogP contribution in [-0.2, 0) is 23.8 Å². The molecule has 2 aliphatic carbocycles. The number of ether oxygens (including phenoxy) is 3. The first-order valence-corrected chi connectivity index (χ1v) is 8.02. The number of epoxide rings is 1. The van der Waals surface area contributed by atoms with Crippen molar-refractivity contribution in [2.45, 2.75) is 44.2 Å². The van der Waals surface area contributed by atoms with E-state index >= 15 is 0 Å². The van der Waals surface area contributed by atoms with Gasteiger partial charge in [0.1, 0.15) is 23.9 Å². The highest BCUT2D eigenvalue weighted by Crippen LogP contribution is 2.70. The molecule has 0 aromatic heterocycles. The van der Waals surface area contributed by atoms with Crippen molar-refractivity contribution in [1.29, 1.82) is 0 Å². The molecule has 2 heterocycles. The number of hydrogen-bond acceptors (Lipinski definition) is 6. The first kappa shape index (κ1) is 15.6. The molecule has 6 heteroatoms. The van der Waals surface area contributed by atoms with E-state index in [1.807, 2.05) is 13.0 Å². The number of hydrogen-bond donors (Lipinski definition) is 1. The first-order valence-electron chi connectivity index (χ1n) is 8.02. The third-order valence-corrected chi connectivity index (χ3v) is 6.11. The molecule has 24 heavy (non-hydrogen) atoms. The minimum Gasteiger partial charge on any atom is -0.457 e. The minimum absolute atomic E-state index is 0.147. The van der Waals surface area contributed by atoms with Gasteiger partial charge in [0.05, 0.1) is 17.9 Å². The van der Waals surface area contributed by atoms with E-state index in [9.17, 15) is 14.7 Å². The predicted octanol–water partition coefficient (Wildman–Crippen LogP) is 1.05. The molecule has 1 saturated carbocycles. The van der Waals surface area contributed by atoms with Crippen LogP contribution in [0.1, 0.15) is 20.3 Å². The first-order chi connectivity index (χ1) is 11.3. The van der Waals surface area contributed by atoms with Crippen LogP contribution in [0.2, 0.25) is 0 Å². The zero-order valence-corrected chi connectivity index (χ0v) is 13.7. The Kier molecular flexibility index (Phi) is 2.98. The normalized spacial score (nSPS) is 44.9. The van der Waals surface area contributed by atoms with Gasteiger partial charge in [-0.25, -0.2) is 9.59 Å². The average molecular weight is 332 g/mol. The second kappa shape index (κ2) is 4.58. The molecule has 2 saturated heterocycles. The van der Waals surface area contributed by atoms with E-state index in [0.717, 1.165) is 5.57 Å². The van der Waals surface area contributed by atoms with E-state index in [2.05, 4.69) is 13.2 Å². The van der Waals surface area contributed by atoms with Gasteiger partial charge in [0, 0.05) is 11.1 Å². The Morgan fingerprint density at radius 1 is 1.54 bits per heavy atom. The standard InChI is InChI=1S/C18H20O6/c1-8(2)15(20)23-13-11-9(3)16(21)22-12(11)14-17(4,24-14)18(13)6-5-10(18)7-19/h5,11-14,19H,1,3,6-7H2,2,4H3/t11-,12-,13+,14+,17-,18?/m0/s1. The van der Waals surface area contributed by atoms with Crippen LogP contribution in [-0.4, -0.2) is 47.6 Å². The molecule has 128 valence electrons. The number of esters is 2. The molecule has 4 rings (SSSR count). The van der Waals surface area contributed by atoms with Crippen LogP contribution in [0.3, 0.4) is 0 Å². The van der Waals surface area contributed by atoms with Crippen LogP contribution in [0.5, 0.6) is 0 Å². The number of allylic oxidation sites excluding steroid dienone is 1. The third-order valence-electron chi connectivity index (χ3n) is 6.11. The highest BCUT2D eigenvalue weighted by molar-refractivity contribution is 5.92. The summed E-state index contributed by atoms with van der Waals surface area (Å²) in [6.07, 6.45) is 1.06. The number of aliphatic hydroxyl groups is 1. The summed E-state index contributed by atoms with van der Waals surface area (Å²) in [6, 6.07) is 0. The SMILES string of the molecule is C=C(C)C(=O)O[C@@H]1[C@H]2C(=C)C(=O)O[C@@H]2[C@H]2O[C@]2(C)C12CC=C2CO. The molecule has 1 unspecified atom stereocenters. The van der Waals surface area contributed by atoms with Crippen molar-refractivity contribution < 1.29 is 28.9 Å². The Morgan fingerprint density at radius 3 is 2.79 bits per heavy atom. The maximum atomic E-state index is 12.2. The summed E-state index contributed by atoms with van der Waals surface area (Å²) in [6.45, 7) is 10.8. The van der Waals surface area contributed by atoms with Crippen molar-refractivity contribution in [1.82, 2.24) is 0 Å². The van der Waals surface area contributed by atoms with Crippen molar-refractivity contribution in [2.75, 3.05) is 6.61 Å². The van der Waals surface area contributed by atoms with E-state index in [4.69, 9.17) is 14.2 Å². The maximum absolute atomic E-state index is 12.2. The van der Waals surface area contributed by atoms with Gasteiger partial charge in [-0.15, -0.1) is 0 Å². The Morgan fingerprint density at radius 2 is 2.25 bits per heavy atom. The van der Waals surface area contributed by atoms with Crippen LogP contribution in [0.15, 0.2) is 36.0 Å². The Hall–Kier alpha value is -1.92. The molecule has 4 aliphatic rings. The summed E-state index contributed by atoms with van der Waals surface area (Å²) in [4.78, 5) is 24.3. The van der Waals surface area contributed by atoms with E-state index in [0.29, 0.717) is 12.0 Å². The van der Waals surface area contributed by atoms with Gasteiger partial charge in [-0.3, -0.25) is 0 Å². The maximum Gasteiger partial charge on any atom is 0.334 e. The van der Waals surface area contributed by atoms with Gasteiger partial charge in [0.2, 0.25) is 0 Å². The van der Waals surface area contributed by atoms with Gasteiger partial charge in [-0.1, -0.05) is 19.2 Å². The molecule has 2 aliphatic heterocycles. The van der Waals surface area contributed by atoms with E-state index < -0.39 is 41.1 Å². The van der Waals surface area contributed by atoms with Crippen LogP contribution in [0.4, 0.5) is 0 Å². The fourth-order valence-corrected chi connectivity index (χ4v) is 4.65. The summed E-state index contributed by atoms with van der Waals surface area (Å²) in [5.41, 5.74) is 0.0512. The molecule has 0 aromatic carbocycles. The minimum atomic E-state index is -0.679. The summed E-state index contributed by atoms with van der Waals surface area (Å²) in [5, 5.41) is 9.77. The van der Waals surface area contributed by atoms with Crippen LogP contribution in [0.25, 0.3) is 0 Å². The van der Waals surface area contributed by atoms with Gasteiger partial charge in [-0.05, 0) is 25.8 Å². The van der Waals surface area contributed by atoms with Crippen LogP contribution < -0.4 is 0 Å². The van der Waals surface area contributed by atoms with Crippen LogP contribution in [0, 0.1) is 11.3 Å². The third kappa shape index (κ3) is 1.58. The number of fused-ring (bicyclic) bond motifs is 4. The van der Waals surface area contributed by atoms with E-state index in [-0.39, 0.29) is 18.3 Å². The molecule has 0 radical (unpaired) electrons. The van der Waals surface area contributed by atoms with Gasteiger partial charge >= 0.3 is 11.9 Å². The van der Waals surface area contributed by atoms with Gasteiger partial charge in [0.25, 0.3) is 0 Å². The molecule has 6 nitrogen and oxygen atoms in total. The summed E-state index contributed by atoms with van der Waals surface area (Å²) >= 11 is 0. The topological polar surface area (TPSA) is 85.4 Å². The molecule has 6 atom stereocenters. The van der Waals surface area contributed by atoms with Crippen molar-refractivity contribution >= 4 is 11.9 Å². The lowest BCUT2D eigenvalue weighted by Crippen LogP contribution is -2.63. The van der Waals surface area contributed by atoms with Crippen molar-refractivity contribution in [3.05, 3.63) is 36.0 Å². The second-order valence-corrected chi connectivity index (χ2v) is 7.24. The summed E-state index contributed by atoms with van der Waals surface area (Å²) < 4.78 is 17.2. The fourth-order valence-electron chi connectivity index (χ4n) is 4.65. The fraction of sp³-hybridized carbons (Fsp3) is 0.556.